The van der Waals surface area contributed by atoms with E-state index in [2.05, 4.69) is 5.32 Å². The first-order valence-electron chi connectivity index (χ1n) is 3.66. The molecule has 1 saturated carbocycles. The maximum absolute atomic E-state index is 12.8. The summed E-state index contributed by atoms with van der Waals surface area (Å²) >= 11 is 0. The molecule has 1 N–H and O–H groups in total. The standard InChI is InChI=1S/C7H14FN/c1-9-7-5-3-2-4-6(7)8/h6-7,9H,2-5H2,1H3/t6-,7+/m0/s1. The predicted octanol–water partition coefficient (Wildman–Crippen LogP) is 1.49. The summed E-state index contributed by atoms with van der Waals surface area (Å²) in [6.07, 6.45) is 3.43. The van der Waals surface area contributed by atoms with Gasteiger partial charge in [-0.05, 0) is 19.9 Å². The summed E-state index contributed by atoms with van der Waals surface area (Å²) in [5.74, 6) is 0. The monoisotopic (exact) mass is 131 g/mol. The van der Waals surface area contributed by atoms with Crippen LogP contribution in [0.3, 0.4) is 0 Å². The highest BCUT2D eigenvalue weighted by molar-refractivity contribution is 4.78. The number of alkyl halides is 1. The smallest absolute Gasteiger partial charge is 0.115 e. The molecule has 9 heavy (non-hydrogen) atoms. The Balaban J connectivity index is 2.30. The van der Waals surface area contributed by atoms with E-state index in [-0.39, 0.29) is 6.04 Å². The largest absolute Gasteiger partial charge is 0.314 e. The molecule has 1 aliphatic rings. The molecule has 0 aromatic carbocycles. The lowest BCUT2D eigenvalue weighted by molar-refractivity contribution is 0.196. The SMILES string of the molecule is CN[C@@H]1CCCC[C@@H]1F. The summed E-state index contributed by atoms with van der Waals surface area (Å²) in [6.45, 7) is 0. The van der Waals surface area contributed by atoms with Gasteiger partial charge in [0.05, 0.1) is 0 Å². The topological polar surface area (TPSA) is 12.0 Å². The van der Waals surface area contributed by atoms with Crippen molar-refractivity contribution in [2.45, 2.75) is 37.9 Å². The van der Waals surface area contributed by atoms with Crippen LogP contribution in [0.1, 0.15) is 25.7 Å². The van der Waals surface area contributed by atoms with Crippen LogP contribution in [0.2, 0.25) is 0 Å². The fourth-order valence-electron chi connectivity index (χ4n) is 1.41. The Morgan fingerprint density at radius 2 is 2.00 bits per heavy atom. The molecular weight excluding hydrogens is 117 g/mol. The van der Waals surface area contributed by atoms with E-state index < -0.39 is 6.17 Å². The van der Waals surface area contributed by atoms with E-state index in [9.17, 15) is 4.39 Å². The molecule has 2 atom stereocenters. The maximum atomic E-state index is 12.8. The fraction of sp³-hybridized carbons (Fsp3) is 1.00. The summed E-state index contributed by atoms with van der Waals surface area (Å²) in [5, 5.41) is 2.98. The number of rotatable bonds is 1. The zero-order valence-electron chi connectivity index (χ0n) is 5.86. The maximum Gasteiger partial charge on any atom is 0.115 e. The van der Waals surface area contributed by atoms with E-state index in [4.69, 9.17) is 0 Å². The van der Waals surface area contributed by atoms with Crippen molar-refractivity contribution >= 4 is 0 Å². The lowest BCUT2D eigenvalue weighted by Crippen LogP contribution is -2.37. The van der Waals surface area contributed by atoms with Gasteiger partial charge in [0.25, 0.3) is 0 Å². The van der Waals surface area contributed by atoms with Gasteiger partial charge in [-0.3, -0.25) is 0 Å². The number of hydrogen-bond donors (Lipinski definition) is 1. The minimum absolute atomic E-state index is 0.138. The zero-order valence-corrected chi connectivity index (χ0v) is 5.86. The molecule has 0 aliphatic heterocycles. The molecule has 0 radical (unpaired) electrons. The molecule has 0 heterocycles. The second kappa shape index (κ2) is 3.16. The van der Waals surface area contributed by atoms with Gasteiger partial charge in [0.2, 0.25) is 0 Å². The summed E-state index contributed by atoms with van der Waals surface area (Å²) in [7, 11) is 1.84. The molecule has 0 spiro atoms. The van der Waals surface area contributed by atoms with Crippen LogP contribution in [-0.4, -0.2) is 19.3 Å². The molecular formula is C7H14FN. The second-order valence-corrected chi connectivity index (χ2v) is 2.70. The van der Waals surface area contributed by atoms with E-state index in [1.54, 1.807) is 0 Å². The van der Waals surface area contributed by atoms with Crippen molar-refractivity contribution in [3.63, 3.8) is 0 Å². The average Bonchev–Trinajstić information content (AvgIpc) is 1.89. The molecule has 54 valence electrons. The predicted molar refractivity (Wildman–Crippen MR) is 36.2 cm³/mol. The summed E-state index contributed by atoms with van der Waals surface area (Å²) in [4.78, 5) is 0. The van der Waals surface area contributed by atoms with Crippen LogP contribution in [0.25, 0.3) is 0 Å². The molecule has 0 aromatic rings. The van der Waals surface area contributed by atoms with Gasteiger partial charge in [-0.1, -0.05) is 12.8 Å². The quantitative estimate of drug-likeness (QED) is 0.568. The first-order chi connectivity index (χ1) is 4.34. The zero-order chi connectivity index (χ0) is 6.69. The molecule has 0 aromatic heterocycles. The van der Waals surface area contributed by atoms with Crippen LogP contribution in [0.15, 0.2) is 0 Å². The molecule has 0 saturated heterocycles. The van der Waals surface area contributed by atoms with E-state index in [0.717, 1.165) is 19.3 Å². The van der Waals surface area contributed by atoms with Crippen LogP contribution in [-0.2, 0) is 0 Å². The Morgan fingerprint density at radius 3 is 2.44 bits per heavy atom. The third-order valence-electron chi connectivity index (χ3n) is 2.05. The van der Waals surface area contributed by atoms with E-state index in [0.29, 0.717) is 0 Å². The highest BCUT2D eigenvalue weighted by Gasteiger charge is 2.22. The van der Waals surface area contributed by atoms with Crippen molar-refractivity contribution < 1.29 is 4.39 Å². The van der Waals surface area contributed by atoms with Crippen molar-refractivity contribution in [3.05, 3.63) is 0 Å². The van der Waals surface area contributed by atoms with E-state index >= 15 is 0 Å². The summed E-state index contributed by atoms with van der Waals surface area (Å²) in [6, 6.07) is 0.138. The Bertz CT molecular complexity index is 85.0. The van der Waals surface area contributed by atoms with Gasteiger partial charge in [0.15, 0.2) is 0 Å². The van der Waals surface area contributed by atoms with E-state index in [1.165, 1.54) is 6.42 Å². The molecule has 1 nitrogen and oxygen atoms in total. The Labute approximate surface area is 55.6 Å². The van der Waals surface area contributed by atoms with Gasteiger partial charge in [-0.25, -0.2) is 4.39 Å². The number of nitrogens with one attached hydrogen (secondary N) is 1. The first-order valence-corrected chi connectivity index (χ1v) is 3.66. The second-order valence-electron chi connectivity index (χ2n) is 2.70. The number of hydrogen-bond acceptors (Lipinski definition) is 1. The van der Waals surface area contributed by atoms with Gasteiger partial charge in [0.1, 0.15) is 6.17 Å². The van der Waals surface area contributed by atoms with Crippen LogP contribution >= 0.6 is 0 Å². The minimum atomic E-state index is -0.594. The highest BCUT2D eigenvalue weighted by atomic mass is 19.1. The Kier molecular flexibility index (Phi) is 2.46. The molecule has 1 fully saturated rings. The van der Waals surface area contributed by atoms with Crippen molar-refractivity contribution in [2.75, 3.05) is 7.05 Å². The molecule has 0 amide bonds. The van der Waals surface area contributed by atoms with Gasteiger partial charge in [0, 0.05) is 6.04 Å². The molecule has 1 aliphatic carbocycles. The van der Waals surface area contributed by atoms with E-state index in [1.807, 2.05) is 7.05 Å². The average molecular weight is 131 g/mol. The lowest BCUT2D eigenvalue weighted by atomic mass is 9.94. The normalized spacial score (nSPS) is 36.7. The lowest BCUT2D eigenvalue weighted by Gasteiger charge is -2.24. The minimum Gasteiger partial charge on any atom is -0.314 e. The molecule has 2 heteroatoms. The van der Waals surface area contributed by atoms with Crippen molar-refractivity contribution in [1.29, 1.82) is 0 Å². The van der Waals surface area contributed by atoms with Crippen LogP contribution in [0, 0.1) is 0 Å². The van der Waals surface area contributed by atoms with Crippen LogP contribution in [0.5, 0.6) is 0 Å². The number of halogens is 1. The summed E-state index contributed by atoms with van der Waals surface area (Å²) < 4.78 is 12.8. The van der Waals surface area contributed by atoms with Crippen molar-refractivity contribution in [1.82, 2.24) is 5.32 Å². The van der Waals surface area contributed by atoms with Crippen molar-refractivity contribution in [3.8, 4) is 0 Å². The van der Waals surface area contributed by atoms with Crippen molar-refractivity contribution in [2.24, 2.45) is 0 Å². The third kappa shape index (κ3) is 1.65. The van der Waals surface area contributed by atoms with Crippen LogP contribution < -0.4 is 5.32 Å². The third-order valence-corrected chi connectivity index (χ3v) is 2.05. The Hall–Kier alpha value is -0.110. The molecule has 1 rings (SSSR count). The highest BCUT2D eigenvalue weighted by Crippen LogP contribution is 2.20. The van der Waals surface area contributed by atoms with Gasteiger partial charge in [-0.2, -0.15) is 0 Å². The fourth-order valence-corrected chi connectivity index (χ4v) is 1.41. The van der Waals surface area contributed by atoms with Gasteiger partial charge < -0.3 is 5.32 Å². The molecule has 0 bridgehead atoms. The molecule has 0 unspecified atom stereocenters. The first kappa shape index (κ1) is 7.00. The van der Waals surface area contributed by atoms with Gasteiger partial charge >= 0.3 is 0 Å². The summed E-state index contributed by atoms with van der Waals surface area (Å²) in [5.41, 5.74) is 0. The van der Waals surface area contributed by atoms with Crippen LogP contribution in [0.4, 0.5) is 4.39 Å². The Morgan fingerprint density at radius 1 is 1.33 bits per heavy atom. The van der Waals surface area contributed by atoms with Gasteiger partial charge in [-0.15, -0.1) is 0 Å².